The first-order valence-electron chi connectivity index (χ1n) is 6.08. The molecule has 2 N–H and O–H groups in total. The predicted octanol–water partition coefficient (Wildman–Crippen LogP) is 3.97. The van der Waals surface area contributed by atoms with E-state index in [1.54, 1.807) is 0 Å². The third-order valence-electron chi connectivity index (χ3n) is 2.40. The summed E-state index contributed by atoms with van der Waals surface area (Å²) in [4.78, 5) is 8.17. The van der Waals surface area contributed by atoms with Gasteiger partial charge in [-0.25, -0.2) is 13.8 Å². The molecule has 0 radical (unpaired) electrons. The first-order valence-corrected chi connectivity index (χ1v) is 6.46. The summed E-state index contributed by atoms with van der Waals surface area (Å²) in [5.41, 5.74) is 0.226. The maximum atomic E-state index is 13.1. The van der Waals surface area contributed by atoms with Crippen LogP contribution in [0.15, 0.2) is 24.4 Å². The number of benzene rings is 1. The normalized spacial score (nSPS) is 10.4. The zero-order chi connectivity index (χ0) is 14.5. The molecule has 4 nitrogen and oxygen atoms in total. The highest BCUT2D eigenvalue weighted by Crippen LogP contribution is 2.24. The van der Waals surface area contributed by atoms with Gasteiger partial charge in [-0.05, 0) is 18.6 Å². The highest BCUT2D eigenvalue weighted by molar-refractivity contribution is 6.32. The van der Waals surface area contributed by atoms with Crippen molar-refractivity contribution < 1.29 is 8.78 Å². The Morgan fingerprint density at radius 2 is 1.90 bits per heavy atom. The van der Waals surface area contributed by atoms with Crippen LogP contribution < -0.4 is 10.6 Å². The lowest BCUT2D eigenvalue weighted by atomic mass is 10.3. The minimum absolute atomic E-state index is 0.226. The van der Waals surface area contributed by atoms with Crippen LogP contribution in [0.4, 0.5) is 26.2 Å². The molecule has 1 heterocycles. The van der Waals surface area contributed by atoms with Crippen molar-refractivity contribution in [2.24, 2.45) is 0 Å². The number of nitrogens with one attached hydrogen (secondary N) is 2. The maximum absolute atomic E-state index is 13.1. The number of anilines is 3. The lowest BCUT2D eigenvalue weighted by Crippen LogP contribution is -2.06. The molecule has 0 saturated carbocycles. The summed E-state index contributed by atoms with van der Waals surface area (Å²) in [6.07, 6.45) is 2.34. The molecule has 2 aromatic rings. The van der Waals surface area contributed by atoms with E-state index in [-0.39, 0.29) is 16.5 Å². The minimum Gasteiger partial charge on any atom is -0.354 e. The smallest absolute Gasteiger partial charge is 0.224 e. The second-order valence-corrected chi connectivity index (χ2v) is 4.51. The van der Waals surface area contributed by atoms with Crippen LogP contribution in [0.3, 0.4) is 0 Å². The van der Waals surface area contributed by atoms with E-state index in [1.165, 1.54) is 6.20 Å². The number of hydrogen-bond acceptors (Lipinski definition) is 4. The van der Waals surface area contributed by atoms with Crippen molar-refractivity contribution in [2.45, 2.75) is 13.3 Å². The SMILES string of the molecule is CCCNc1ncc(Cl)c(Nc2cc(F)cc(F)c2)n1. The Morgan fingerprint density at radius 1 is 1.20 bits per heavy atom. The van der Waals surface area contributed by atoms with Gasteiger partial charge in [-0.2, -0.15) is 4.98 Å². The topological polar surface area (TPSA) is 49.8 Å². The van der Waals surface area contributed by atoms with Gasteiger partial charge in [-0.3, -0.25) is 0 Å². The Balaban J connectivity index is 2.23. The van der Waals surface area contributed by atoms with E-state index in [0.717, 1.165) is 31.2 Å². The average molecular weight is 299 g/mol. The summed E-state index contributed by atoms with van der Waals surface area (Å²) in [7, 11) is 0. The fraction of sp³-hybridized carbons (Fsp3) is 0.231. The molecule has 0 saturated heterocycles. The van der Waals surface area contributed by atoms with Crippen molar-refractivity contribution in [1.29, 1.82) is 0 Å². The molecule has 0 amide bonds. The van der Waals surface area contributed by atoms with Crippen LogP contribution in [0, 0.1) is 11.6 Å². The number of hydrogen-bond donors (Lipinski definition) is 2. The van der Waals surface area contributed by atoms with Crippen molar-refractivity contribution >= 4 is 29.1 Å². The van der Waals surface area contributed by atoms with E-state index >= 15 is 0 Å². The molecule has 2 rings (SSSR count). The maximum Gasteiger partial charge on any atom is 0.224 e. The zero-order valence-electron chi connectivity index (χ0n) is 10.8. The quantitative estimate of drug-likeness (QED) is 0.877. The number of halogens is 3. The molecule has 106 valence electrons. The van der Waals surface area contributed by atoms with Crippen LogP contribution >= 0.6 is 11.6 Å². The van der Waals surface area contributed by atoms with E-state index < -0.39 is 11.6 Å². The monoisotopic (exact) mass is 298 g/mol. The summed E-state index contributed by atoms with van der Waals surface area (Å²) in [5, 5.41) is 6.03. The molecule has 0 unspecified atom stereocenters. The average Bonchev–Trinajstić information content (AvgIpc) is 2.38. The Hall–Kier alpha value is -1.95. The molecule has 0 bridgehead atoms. The van der Waals surface area contributed by atoms with Gasteiger partial charge in [0.1, 0.15) is 16.7 Å². The summed E-state index contributed by atoms with van der Waals surface area (Å²) in [6.45, 7) is 2.73. The van der Waals surface area contributed by atoms with Crippen molar-refractivity contribution in [3.8, 4) is 0 Å². The molecule has 0 atom stereocenters. The third kappa shape index (κ3) is 3.77. The molecule has 0 aliphatic heterocycles. The van der Waals surface area contributed by atoms with Crippen LogP contribution in [-0.4, -0.2) is 16.5 Å². The molecular weight excluding hydrogens is 286 g/mol. The Bertz CT molecular complexity index is 587. The highest BCUT2D eigenvalue weighted by Gasteiger charge is 2.07. The molecule has 20 heavy (non-hydrogen) atoms. The largest absolute Gasteiger partial charge is 0.354 e. The molecule has 1 aromatic carbocycles. The van der Waals surface area contributed by atoms with Gasteiger partial charge in [0.25, 0.3) is 0 Å². The van der Waals surface area contributed by atoms with Crippen molar-refractivity contribution in [1.82, 2.24) is 9.97 Å². The Morgan fingerprint density at radius 3 is 2.55 bits per heavy atom. The van der Waals surface area contributed by atoms with Gasteiger partial charge >= 0.3 is 0 Å². The fourth-order valence-electron chi connectivity index (χ4n) is 1.54. The molecule has 1 aromatic heterocycles. The summed E-state index contributed by atoms with van der Waals surface area (Å²) in [5.74, 6) is -0.676. The third-order valence-corrected chi connectivity index (χ3v) is 2.68. The Labute approximate surface area is 120 Å². The van der Waals surface area contributed by atoms with Gasteiger partial charge < -0.3 is 10.6 Å². The van der Waals surface area contributed by atoms with Gasteiger partial charge in [0.2, 0.25) is 5.95 Å². The van der Waals surface area contributed by atoms with Gasteiger partial charge in [-0.1, -0.05) is 18.5 Å². The second kappa shape index (κ2) is 6.47. The number of nitrogens with zero attached hydrogens (tertiary/aromatic N) is 2. The van der Waals surface area contributed by atoms with Crippen molar-refractivity contribution in [3.63, 3.8) is 0 Å². The molecule has 0 aliphatic carbocycles. The molecule has 0 aliphatic rings. The Kier molecular flexibility index (Phi) is 4.68. The van der Waals surface area contributed by atoms with Crippen LogP contribution in [-0.2, 0) is 0 Å². The minimum atomic E-state index is -0.679. The van der Waals surface area contributed by atoms with Crippen LogP contribution in [0.5, 0.6) is 0 Å². The summed E-state index contributed by atoms with van der Waals surface area (Å²) >= 11 is 5.96. The van der Waals surface area contributed by atoms with Crippen LogP contribution in [0.1, 0.15) is 13.3 Å². The predicted molar refractivity (Wildman–Crippen MR) is 75.5 cm³/mol. The number of rotatable bonds is 5. The van der Waals surface area contributed by atoms with Crippen molar-refractivity contribution in [2.75, 3.05) is 17.2 Å². The molecular formula is C13H13ClF2N4. The molecule has 0 fully saturated rings. The second-order valence-electron chi connectivity index (χ2n) is 4.10. The van der Waals surface area contributed by atoms with Gasteiger partial charge in [0, 0.05) is 18.3 Å². The van der Waals surface area contributed by atoms with Crippen LogP contribution in [0.25, 0.3) is 0 Å². The van der Waals surface area contributed by atoms with E-state index in [9.17, 15) is 8.78 Å². The molecule has 0 spiro atoms. The zero-order valence-corrected chi connectivity index (χ0v) is 11.5. The van der Waals surface area contributed by atoms with Gasteiger partial charge in [0.15, 0.2) is 5.82 Å². The van der Waals surface area contributed by atoms with E-state index in [2.05, 4.69) is 20.6 Å². The lowest BCUT2D eigenvalue weighted by Gasteiger charge is -2.10. The molecule has 7 heteroatoms. The first-order chi connectivity index (χ1) is 9.58. The fourth-order valence-corrected chi connectivity index (χ4v) is 1.68. The lowest BCUT2D eigenvalue weighted by molar-refractivity contribution is 0.584. The standard InChI is InChI=1S/C13H13ClF2N4/c1-2-3-17-13-18-7-11(14)12(20-13)19-10-5-8(15)4-9(16)6-10/h4-7H,2-3H2,1H3,(H2,17,18,19,20). The van der Waals surface area contributed by atoms with E-state index in [4.69, 9.17) is 11.6 Å². The van der Waals surface area contributed by atoms with Crippen molar-refractivity contribution in [3.05, 3.63) is 41.1 Å². The number of aromatic nitrogens is 2. The van der Waals surface area contributed by atoms with Gasteiger partial charge in [0.05, 0.1) is 6.20 Å². The first kappa shape index (κ1) is 14.5. The van der Waals surface area contributed by atoms with E-state index in [0.29, 0.717) is 5.95 Å². The summed E-state index contributed by atoms with van der Waals surface area (Å²) < 4.78 is 26.2. The highest BCUT2D eigenvalue weighted by atomic mass is 35.5. The summed E-state index contributed by atoms with van der Waals surface area (Å²) in [6, 6.07) is 3.10. The van der Waals surface area contributed by atoms with Crippen LogP contribution in [0.2, 0.25) is 5.02 Å². The van der Waals surface area contributed by atoms with Gasteiger partial charge in [-0.15, -0.1) is 0 Å². The van der Waals surface area contributed by atoms with E-state index in [1.807, 2.05) is 6.92 Å².